The third kappa shape index (κ3) is 5.99. The Morgan fingerprint density at radius 2 is 1.64 bits per heavy atom. The second-order valence-electron chi connectivity index (χ2n) is 5.65. The Labute approximate surface area is 155 Å². The smallest absolute Gasteiger partial charge is 0.242 e. The Bertz CT molecular complexity index is 784. The van der Waals surface area contributed by atoms with E-state index in [0.717, 1.165) is 15.3 Å². The van der Waals surface area contributed by atoms with Gasteiger partial charge in [0.25, 0.3) is 0 Å². The summed E-state index contributed by atoms with van der Waals surface area (Å²) >= 11 is 7.34. The molecule has 25 heavy (non-hydrogen) atoms. The summed E-state index contributed by atoms with van der Waals surface area (Å²) < 4.78 is 0. The number of rotatable bonds is 6. The lowest BCUT2D eigenvalue weighted by Crippen LogP contribution is -2.42. The summed E-state index contributed by atoms with van der Waals surface area (Å²) in [5, 5.41) is 0.596. The van der Waals surface area contributed by atoms with Crippen molar-refractivity contribution in [3.8, 4) is 0 Å². The summed E-state index contributed by atoms with van der Waals surface area (Å²) in [6, 6.07) is 8.72. The highest BCUT2D eigenvalue weighted by Crippen LogP contribution is 2.22. The maximum Gasteiger partial charge on any atom is 0.242 e. The molecule has 2 N–H and O–H groups in total. The van der Waals surface area contributed by atoms with Gasteiger partial charge in [0.15, 0.2) is 5.78 Å². The van der Waals surface area contributed by atoms with Crippen molar-refractivity contribution in [2.75, 3.05) is 0 Å². The van der Waals surface area contributed by atoms with Crippen molar-refractivity contribution < 1.29 is 14.4 Å². The molecule has 1 aromatic carbocycles. The quantitative estimate of drug-likeness (QED) is 0.597. The monoisotopic (exact) mass is 378 g/mol. The van der Waals surface area contributed by atoms with Crippen LogP contribution in [0.2, 0.25) is 5.02 Å². The van der Waals surface area contributed by atoms with E-state index in [1.165, 1.54) is 0 Å². The number of halogens is 1. The number of amides is 2. The fourth-order valence-electron chi connectivity index (χ4n) is 2.30. The van der Waals surface area contributed by atoms with Crippen LogP contribution in [0.3, 0.4) is 0 Å². The molecule has 0 aliphatic heterocycles. The van der Waals surface area contributed by atoms with Crippen LogP contribution >= 0.6 is 22.9 Å². The number of carbonyl (C=O) groups is 3. The molecule has 0 unspecified atom stereocenters. The van der Waals surface area contributed by atoms with Crippen LogP contribution in [0, 0.1) is 13.8 Å². The Morgan fingerprint density at radius 1 is 1.00 bits per heavy atom. The molecule has 0 saturated carbocycles. The third-order valence-corrected chi connectivity index (χ3v) is 4.76. The molecule has 0 spiro atoms. The third-order valence-electron chi connectivity index (χ3n) is 3.54. The number of thiophene rings is 1. The van der Waals surface area contributed by atoms with Gasteiger partial charge in [-0.3, -0.25) is 25.2 Å². The number of benzene rings is 1. The van der Waals surface area contributed by atoms with Crippen LogP contribution in [0.15, 0.2) is 30.3 Å². The second kappa shape index (κ2) is 8.78. The molecular weight excluding hydrogens is 360 g/mol. The molecule has 0 bridgehead atoms. The average molecular weight is 379 g/mol. The maximum atomic E-state index is 12.1. The minimum Gasteiger partial charge on any atom is -0.294 e. The van der Waals surface area contributed by atoms with Crippen molar-refractivity contribution in [3.05, 3.63) is 56.2 Å². The molecule has 0 fully saturated rings. The number of carbonyl (C=O) groups excluding carboxylic acids is 3. The number of hydrogen-bond acceptors (Lipinski definition) is 4. The Balaban J connectivity index is 1.73. The van der Waals surface area contributed by atoms with Crippen LogP contribution in [0.5, 0.6) is 0 Å². The highest BCUT2D eigenvalue weighted by molar-refractivity contribution is 7.12. The molecule has 0 atom stereocenters. The van der Waals surface area contributed by atoms with Crippen molar-refractivity contribution in [1.82, 2.24) is 10.9 Å². The fraction of sp³-hybridized carbons (Fsp3) is 0.278. The predicted molar refractivity (Wildman–Crippen MR) is 98.8 cm³/mol. The summed E-state index contributed by atoms with van der Waals surface area (Å²) in [6.07, 6.45) is 0.258. The number of nitrogens with one attached hydrogen (secondary N) is 2. The van der Waals surface area contributed by atoms with Gasteiger partial charge in [0.1, 0.15) is 0 Å². The van der Waals surface area contributed by atoms with Gasteiger partial charge < -0.3 is 0 Å². The summed E-state index contributed by atoms with van der Waals surface area (Å²) in [7, 11) is 0. The average Bonchev–Trinajstić information content (AvgIpc) is 2.91. The second-order valence-corrected chi connectivity index (χ2v) is 7.55. The predicted octanol–water partition coefficient (Wildman–Crippen LogP) is 3.37. The van der Waals surface area contributed by atoms with E-state index in [-0.39, 0.29) is 31.0 Å². The van der Waals surface area contributed by atoms with E-state index in [1.807, 2.05) is 19.9 Å². The van der Waals surface area contributed by atoms with Gasteiger partial charge in [-0.05, 0) is 37.6 Å². The molecule has 1 aromatic heterocycles. The zero-order valence-corrected chi connectivity index (χ0v) is 15.6. The first kappa shape index (κ1) is 19.1. The van der Waals surface area contributed by atoms with Crippen LogP contribution in [0.25, 0.3) is 0 Å². The van der Waals surface area contributed by atoms with Gasteiger partial charge in [-0.1, -0.05) is 23.7 Å². The van der Waals surface area contributed by atoms with Crippen LogP contribution in [-0.4, -0.2) is 17.6 Å². The number of Topliss-reactive ketones (excluding diaryl/α,β-unsaturated/α-hetero) is 1. The Morgan fingerprint density at radius 3 is 2.24 bits per heavy atom. The van der Waals surface area contributed by atoms with Gasteiger partial charge in [-0.25, -0.2) is 0 Å². The summed E-state index contributed by atoms with van der Waals surface area (Å²) in [5.74, 6) is -0.807. The molecule has 1 heterocycles. The highest BCUT2D eigenvalue weighted by atomic mass is 35.5. The summed E-state index contributed by atoms with van der Waals surface area (Å²) in [6.45, 7) is 3.83. The van der Waals surface area contributed by atoms with Gasteiger partial charge in [-0.2, -0.15) is 0 Å². The first-order chi connectivity index (χ1) is 11.8. The van der Waals surface area contributed by atoms with Gasteiger partial charge >= 0.3 is 0 Å². The minimum absolute atomic E-state index is 0.0222. The number of hydrogen-bond donors (Lipinski definition) is 2. The number of ketones is 1. The first-order valence-corrected chi connectivity index (χ1v) is 8.97. The molecule has 0 aliphatic carbocycles. The molecule has 132 valence electrons. The molecule has 2 aromatic rings. The normalized spacial score (nSPS) is 10.4. The number of hydrazine groups is 1. The van der Waals surface area contributed by atoms with Gasteiger partial charge in [0.2, 0.25) is 11.8 Å². The van der Waals surface area contributed by atoms with Crippen molar-refractivity contribution in [2.45, 2.75) is 33.1 Å². The van der Waals surface area contributed by atoms with E-state index in [1.54, 1.807) is 35.6 Å². The summed E-state index contributed by atoms with van der Waals surface area (Å²) in [5.41, 5.74) is 6.13. The lowest BCUT2D eigenvalue weighted by molar-refractivity contribution is -0.128. The van der Waals surface area contributed by atoms with Crippen LogP contribution in [0.4, 0.5) is 0 Å². The van der Waals surface area contributed by atoms with Crippen molar-refractivity contribution in [2.24, 2.45) is 0 Å². The largest absolute Gasteiger partial charge is 0.294 e. The molecule has 7 heteroatoms. The molecular formula is C18H19ClN2O3S. The van der Waals surface area contributed by atoms with Gasteiger partial charge in [0, 0.05) is 33.2 Å². The molecule has 0 aliphatic rings. The zero-order chi connectivity index (χ0) is 18.4. The van der Waals surface area contributed by atoms with Crippen LogP contribution in [-0.2, 0) is 16.0 Å². The van der Waals surface area contributed by atoms with Crippen molar-refractivity contribution in [3.63, 3.8) is 0 Å². The lowest BCUT2D eigenvalue weighted by atomic mass is 10.1. The standard InChI is InChI=1S/C18H19ClN2O3S/c1-11-9-15(12(2)25-11)16(22)7-8-17(23)20-21-18(24)10-13-3-5-14(19)6-4-13/h3-6,9H,7-8,10H2,1-2H3,(H,20,23)(H,21,24). The number of aryl methyl sites for hydroxylation is 2. The van der Waals surface area contributed by atoms with E-state index in [2.05, 4.69) is 10.9 Å². The fourth-order valence-corrected chi connectivity index (χ4v) is 3.37. The van der Waals surface area contributed by atoms with E-state index in [4.69, 9.17) is 11.6 Å². The zero-order valence-electron chi connectivity index (χ0n) is 14.0. The first-order valence-electron chi connectivity index (χ1n) is 7.77. The maximum absolute atomic E-state index is 12.1. The topological polar surface area (TPSA) is 75.3 Å². The Kier molecular flexibility index (Phi) is 6.73. The van der Waals surface area contributed by atoms with Crippen molar-refractivity contribution >= 4 is 40.5 Å². The van der Waals surface area contributed by atoms with E-state index < -0.39 is 5.91 Å². The van der Waals surface area contributed by atoms with E-state index in [0.29, 0.717) is 10.6 Å². The summed E-state index contributed by atoms with van der Waals surface area (Å²) in [4.78, 5) is 37.7. The highest BCUT2D eigenvalue weighted by Gasteiger charge is 2.14. The molecule has 2 amide bonds. The van der Waals surface area contributed by atoms with Gasteiger partial charge in [0.05, 0.1) is 6.42 Å². The molecule has 0 saturated heterocycles. The molecule has 5 nitrogen and oxygen atoms in total. The molecule has 2 rings (SSSR count). The lowest BCUT2D eigenvalue weighted by Gasteiger charge is -2.07. The van der Waals surface area contributed by atoms with Gasteiger partial charge in [-0.15, -0.1) is 11.3 Å². The molecule has 0 radical (unpaired) electrons. The van der Waals surface area contributed by atoms with E-state index >= 15 is 0 Å². The van der Waals surface area contributed by atoms with Crippen LogP contribution in [0.1, 0.15) is 38.5 Å². The van der Waals surface area contributed by atoms with Crippen molar-refractivity contribution in [1.29, 1.82) is 0 Å². The Hall–Kier alpha value is -2.18. The SMILES string of the molecule is Cc1cc(C(=O)CCC(=O)NNC(=O)Cc2ccc(Cl)cc2)c(C)s1. The van der Waals surface area contributed by atoms with Crippen LogP contribution < -0.4 is 10.9 Å². The minimum atomic E-state index is -0.401. The van der Waals surface area contributed by atoms with E-state index in [9.17, 15) is 14.4 Å².